The van der Waals surface area contributed by atoms with Gasteiger partial charge >= 0.3 is 0 Å². The van der Waals surface area contributed by atoms with E-state index in [-0.39, 0.29) is 0 Å². The minimum Gasteiger partial charge on any atom is -0.280 e. The maximum Gasteiger partial charge on any atom is 0.242 e. The van der Waals surface area contributed by atoms with E-state index < -0.39 is 10.0 Å². The molecule has 5 aromatic heterocycles. The lowest BCUT2D eigenvalue weighted by molar-refractivity contribution is 0.863. The zero-order chi connectivity index (χ0) is 42.8. The summed E-state index contributed by atoms with van der Waals surface area (Å²) in [6.07, 6.45) is 9.48. The van der Waals surface area contributed by atoms with Gasteiger partial charge in [0, 0.05) is 30.8 Å². The van der Waals surface area contributed by atoms with Gasteiger partial charge in [0.1, 0.15) is 0 Å². The first-order valence-corrected chi connectivity index (χ1v) is 22.6. The van der Waals surface area contributed by atoms with Gasteiger partial charge in [0.15, 0.2) is 5.82 Å². The van der Waals surface area contributed by atoms with E-state index in [0.717, 1.165) is 54.9 Å². The molecular weight excluding hydrogens is 807 g/mol. The molecule has 12 aromatic rings. The van der Waals surface area contributed by atoms with Gasteiger partial charge in [0.2, 0.25) is 23.5 Å². The average molecular weight is 844 g/mol. The Bertz CT molecular complexity index is 3720. The summed E-state index contributed by atoms with van der Waals surface area (Å²) in [5, 5.41) is 0. The molecule has 7 aromatic carbocycles. The molecule has 10 heteroatoms. The summed E-state index contributed by atoms with van der Waals surface area (Å²) < 4.78 is 8.33. The van der Waals surface area contributed by atoms with Crippen molar-refractivity contribution in [3.05, 3.63) is 206 Å². The molecule has 5 heterocycles. The minimum atomic E-state index is -2.02. The van der Waals surface area contributed by atoms with Crippen LogP contribution in [0, 0.1) is 19.3 Å². The van der Waals surface area contributed by atoms with Crippen LogP contribution >= 0.6 is 10.0 Å². The Balaban J connectivity index is 1.18. The number of rotatable bonds is 8. The number of imidazole rings is 4. The van der Waals surface area contributed by atoms with Crippen molar-refractivity contribution < 1.29 is 0 Å². The second-order valence-electron chi connectivity index (χ2n) is 15.4. The minimum absolute atomic E-state index is 0.385. The molecule has 0 aliphatic carbocycles. The second kappa shape index (κ2) is 14.8. The summed E-state index contributed by atoms with van der Waals surface area (Å²) >= 11 is 0. The predicted octanol–water partition coefficient (Wildman–Crippen LogP) is 12.2. The molecule has 0 unspecified atom stereocenters. The normalized spacial score (nSPS) is 12.3. The SMILES string of the molecule is C#C/C=C\c1c(C)n2c3ccccc3nc2n1-c1nc(-c2cccc(S(c3ccccc3)(c3ccccc3)c3ccccc3)c2)nc(-n2c3ccccc3n3c4ccccc4nc23)n1. The molecule has 0 amide bonds. The molecule has 0 fully saturated rings. The first-order chi connectivity index (χ1) is 31.6. The summed E-state index contributed by atoms with van der Waals surface area (Å²) in [5.41, 5.74) is 8.14. The maximum absolute atomic E-state index is 5.86. The first-order valence-electron chi connectivity index (χ1n) is 21.0. The van der Waals surface area contributed by atoms with E-state index in [1.54, 1.807) is 6.08 Å². The van der Waals surface area contributed by atoms with Gasteiger partial charge in [-0.25, -0.2) is 19.1 Å². The predicted molar refractivity (Wildman–Crippen MR) is 257 cm³/mol. The Morgan fingerprint density at radius 2 is 0.953 bits per heavy atom. The number of terminal acetylenes is 1. The fourth-order valence-corrected chi connectivity index (χ4v) is 13.1. The molecule has 304 valence electrons. The molecule has 9 nitrogen and oxygen atoms in total. The van der Waals surface area contributed by atoms with Gasteiger partial charge in [-0.3, -0.25) is 8.80 Å². The number of benzene rings is 7. The number of hydrogen-bond donors (Lipinski definition) is 0. The summed E-state index contributed by atoms with van der Waals surface area (Å²) in [6, 6.07) is 65.8. The summed E-state index contributed by atoms with van der Waals surface area (Å²) in [6.45, 7) is 2.07. The zero-order valence-electron chi connectivity index (χ0n) is 34.6. The van der Waals surface area contributed by atoms with Crippen molar-refractivity contribution in [2.75, 3.05) is 0 Å². The standard InChI is InChI=1S/C54H37N9S/c1-3-4-31-45-37(2)60-46-32-16-14-29-43(46)55-53(60)62(45)51-57-50(58-52(59-51)63-49-35-19-18-34-48(49)61-47-33-17-15-30-44(47)56-54(61)63)38-21-20-28-42(36-38)64(39-22-8-5-9-23-39,40-24-10-6-11-25-40)41-26-12-7-13-27-41/h1,4-36H,2H3/b31-4-. The van der Waals surface area contributed by atoms with E-state index in [4.69, 9.17) is 31.3 Å². The quantitative estimate of drug-likeness (QED) is 0.142. The summed E-state index contributed by atoms with van der Waals surface area (Å²) in [5.74, 6) is 5.32. The van der Waals surface area contributed by atoms with Gasteiger partial charge in [0.25, 0.3) is 0 Å². The van der Waals surface area contributed by atoms with Crippen LogP contribution in [0.25, 0.3) is 74.0 Å². The Morgan fingerprint density at radius 1 is 0.469 bits per heavy atom. The van der Waals surface area contributed by atoms with Crippen molar-refractivity contribution in [1.29, 1.82) is 0 Å². The van der Waals surface area contributed by atoms with E-state index in [1.165, 1.54) is 14.7 Å². The van der Waals surface area contributed by atoms with E-state index in [9.17, 15) is 0 Å². The highest BCUT2D eigenvalue weighted by atomic mass is 32.3. The van der Waals surface area contributed by atoms with Crippen LogP contribution in [0.3, 0.4) is 0 Å². The molecule has 0 saturated heterocycles. The fraction of sp³-hybridized carbons (Fsp3) is 0.0185. The van der Waals surface area contributed by atoms with E-state index >= 15 is 0 Å². The topological polar surface area (TPSA) is 83.1 Å². The molecular formula is C54H37N9S. The molecule has 12 rings (SSSR count). The van der Waals surface area contributed by atoms with Crippen molar-refractivity contribution in [3.8, 4) is 35.6 Å². The highest BCUT2D eigenvalue weighted by Crippen LogP contribution is 2.73. The number of fused-ring (bicyclic) bond motifs is 8. The van der Waals surface area contributed by atoms with Gasteiger partial charge in [0.05, 0.1) is 38.8 Å². The lowest BCUT2D eigenvalue weighted by Crippen LogP contribution is -2.12. The molecule has 0 radical (unpaired) electrons. The summed E-state index contributed by atoms with van der Waals surface area (Å²) in [4.78, 5) is 31.3. The van der Waals surface area contributed by atoms with Gasteiger partial charge in [-0.15, -0.1) is 16.5 Å². The van der Waals surface area contributed by atoms with Crippen molar-refractivity contribution in [3.63, 3.8) is 0 Å². The molecule has 0 saturated carbocycles. The smallest absolute Gasteiger partial charge is 0.242 e. The average Bonchev–Trinajstić information content (AvgIpc) is 4.09. The Kier molecular flexibility index (Phi) is 8.64. The molecule has 0 N–H and O–H groups in total. The van der Waals surface area contributed by atoms with Gasteiger partial charge < -0.3 is 0 Å². The van der Waals surface area contributed by atoms with Gasteiger partial charge in [-0.2, -0.15) is 15.0 Å². The van der Waals surface area contributed by atoms with Crippen LogP contribution in [-0.4, -0.2) is 42.9 Å². The lowest BCUT2D eigenvalue weighted by atomic mass is 10.2. The lowest BCUT2D eigenvalue weighted by Gasteiger charge is -2.42. The van der Waals surface area contributed by atoms with Crippen LogP contribution < -0.4 is 0 Å². The Labute approximate surface area is 369 Å². The monoisotopic (exact) mass is 843 g/mol. The number of aromatic nitrogens is 9. The van der Waals surface area contributed by atoms with Crippen LogP contribution in [0.1, 0.15) is 11.4 Å². The first kappa shape index (κ1) is 37.3. The molecule has 0 spiro atoms. The third-order valence-corrected chi connectivity index (χ3v) is 15.8. The van der Waals surface area contributed by atoms with Crippen molar-refractivity contribution in [2.45, 2.75) is 26.5 Å². The number of para-hydroxylation sites is 6. The molecule has 0 atom stereocenters. The molecule has 64 heavy (non-hydrogen) atoms. The van der Waals surface area contributed by atoms with Crippen LogP contribution in [0.15, 0.2) is 214 Å². The van der Waals surface area contributed by atoms with E-state index in [2.05, 4.69) is 161 Å². The van der Waals surface area contributed by atoms with Crippen molar-refractivity contribution in [1.82, 2.24) is 42.9 Å². The largest absolute Gasteiger partial charge is 0.280 e. The second-order valence-corrected chi connectivity index (χ2v) is 18.6. The van der Waals surface area contributed by atoms with Gasteiger partial charge in [-0.1, -0.05) is 109 Å². The highest BCUT2D eigenvalue weighted by molar-refractivity contribution is 8.34. The number of hydrogen-bond acceptors (Lipinski definition) is 5. The summed E-state index contributed by atoms with van der Waals surface area (Å²) in [7, 11) is -2.02. The van der Waals surface area contributed by atoms with Gasteiger partial charge in [-0.05, 0) is 104 Å². The van der Waals surface area contributed by atoms with E-state index in [1.807, 2.05) is 63.7 Å². The maximum atomic E-state index is 5.86. The van der Waals surface area contributed by atoms with Crippen LogP contribution in [0.4, 0.5) is 0 Å². The molecule has 0 aliphatic heterocycles. The van der Waals surface area contributed by atoms with Crippen molar-refractivity contribution in [2.24, 2.45) is 0 Å². The number of allylic oxidation sites excluding steroid dienone is 1. The van der Waals surface area contributed by atoms with E-state index in [0.29, 0.717) is 29.3 Å². The molecule has 0 aliphatic rings. The number of aryl methyl sites for hydroxylation is 1. The zero-order valence-corrected chi connectivity index (χ0v) is 35.4. The number of nitrogens with zero attached hydrogens (tertiary/aromatic N) is 9. The van der Waals surface area contributed by atoms with Crippen molar-refractivity contribution >= 4 is 60.8 Å². The van der Waals surface area contributed by atoms with Crippen LogP contribution in [0.2, 0.25) is 0 Å². The Morgan fingerprint density at radius 3 is 1.55 bits per heavy atom. The third kappa shape index (κ3) is 5.58. The fourth-order valence-electron chi connectivity index (χ4n) is 9.14. The Hall–Kier alpha value is -8.52. The third-order valence-electron chi connectivity index (χ3n) is 11.9. The highest BCUT2D eigenvalue weighted by Gasteiger charge is 2.34. The molecule has 0 bridgehead atoms. The van der Waals surface area contributed by atoms with Crippen LogP contribution in [-0.2, 0) is 0 Å². The van der Waals surface area contributed by atoms with Crippen LogP contribution in [0.5, 0.6) is 0 Å².